The van der Waals surface area contributed by atoms with E-state index in [0.29, 0.717) is 26.2 Å². The number of halogens is 1. The summed E-state index contributed by atoms with van der Waals surface area (Å²) >= 11 is 3.38. The number of benzene rings is 2. The highest BCUT2D eigenvalue weighted by atomic mass is 79.9. The molecule has 3 rings (SSSR count). The molecule has 0 spiro atoms. The van der Waals surface area contributed by atoms with E-state index in [-0.39, 0.29) is 17.2 Å². The molecule has 1 saturated heterocycles. The molecular weight excluding hydrogens is 468 g/mol. The van der Waals surface area contributed by atoms with Crippen molar-refractivity contribution in [1.29, 1.82) is 0 Å². The van der Waals surface area contributed by atoms with E-state index >= 15 is 0 Å². The highest BCUT2D eigenvalue weighted by molar-refractivity contribution is 9.10. The van der Waals surface area contributed by atoms with Gasteiger partial charge in [0.15, 0.2) is 0 Å². The number of sulfonamides is 1. The zero-order chi connectivity index (χ0) is 21.6. The lowest BCUT2D eigenvalue weighted by atomic mass is 10.1. The van der Waals surface area contributed by atoms with E-state index in [1.54, 1.807) is 40.5 Å². The van der Waals surface area contributed by atoms with Crippen molar-refractivity contribution < 1.29 is 17.9 Å². The van der Waals surface area contributed by atoms with Gasteiger partial charge in [-0.2, -0.15) is 4.31 Å². The van der Waals surface area contributed by atoms with Crippen LogP contribution in [0.15, 0.2) is 57.9 Å². The number of carbonyl (C=O) groups is 1. The molecule has 2 aromatic rings. The number of ether oxygens (including phenoxy) is 1. The molecule has 0 atom stereocenters. The SMILES string of the molecule is CN(CCOc1ccc(Br)cc1)C(=O)Cc1ccc(S(=O)(=O)N2CCCCC2)cc1. The summed E-state index contributed by atoms with van der Waals surface area (Å²) in [6.07, 6.45) is 3.11. The van der Waals surface area contributed by atoms with Gasteiger partial charge in [0.25, 0.3) is 0 Å². The lowest BCUT2D eigenvalue weighted by Gasteiger charge is -2.25. The zero-order valence-corrected chi connectivity index (χ0v) is 19.5. The molecule has 1 heterocycles. The fraction of sp³-hybridized carbons (Fsp3) is 0.409. The third-order valence-electron chi connectivity index (χ3n) is 5.17. The molecule has 30 heavy (non-hydrogen) atoms. The fourth-order valence-corrected chi connectivity index (χ4v) is 5.08. The predicted octanol–water partition coefficient (Wildman–Crippen LogP) is 3.70. The van der Waals surface area contributed by atoms with Gasteiger partial charge in [-0.25, -0.2) is 8.42 Å². The summed E-state index contributed by atoms with van der Waals surface area (Å²) < 4.78 is 33.6. The highest BCUT2D eigenvalue weighted by Crippen LogP contribution is 2.21. The average molecular weight is 495 g/mol. The molecule has 1 amide bonds. The molecule has 0 aromatic heterocycles. The first kappa shape index (κ1) is 22.8. The van der Waals surface area contributed by atoms with Crippen molar-refractivity contribution in [2.24, 2.45) is 0 Å². The maximum atomic E-state index is 12.7. The topological polar surface area (TPSA) is 66.9 Å². The molecule has 0 N–H and O–H groups in total. The van der Waals surface area contributed by atoms with Gasteiger partial charge in [-0.05, 0) is 54.8 Å². The van der Waals surface area contributed by atoms with Crippen molar-refractivity contribution in [3.63, 3.8) is 0 Å². The van der Waals surface area contributed by atoms with Gasteiger partial charge < -0.3 is 9.64 Å². The minimum atomic E-state index is -3.45. The molecule has 1 fully saturated rings. The van der Waals surface area contributed by atoms with E-state index < -0.39 is 10.0 Å². The molecule has 162 valence electrons. The Labute approximate surface area is 187 Å². The van der Waals surface area contributed by atoms with Gasteiger partial charge >= 0.3 is 0 Å². The smallest absolute Gasteiger partial charge is 0.243 e. The van der Waals surface area contributed by atoms with Gasteiger partial charge in [-0.3, -0.25) is 4.79 Å². The summed E-state index contributed by atoms with van der Waals surface area (Å²) in [5.74, 6) is 0.714. The third kappa shape index (κ3) is 6.06. The van der Waals surface area contributed by atoms with Crippen molar-refractivity contribution in [2.75, 3.05) is 33.3 Å². The van der Waals surface area contributed by atoms with Crippen molar-refractivity contribution in [2.45, 2.75) is 30.6 Å². The van der Waals surface area contributed by atoms with Gasteiger partial charge in [0.1, 0.15) is 12.4 Å². The summed E-state index contributed by atoms with van der Waals surface area (Å²) in [6, 6.07) is 14.2. The first-order valence-electron chi connectivity index (χ1n) is 10.1. The number of nitrogens with zero attached hydrogens (tertiary/aromatic N) is 2. The van der Waals surface area contributed by atoms with E-state index in [2.05, 4.69) is 15.9 Å². The van der Waals surface area contributed by atoms with Crippen LogP contribution in [-0.2, 0) is 21.2 Å². The van der Waals surface area contributed by atoms with Crippen molar-refractivity contribution >= 4 is 31.9 Å². The Morgan fingerprint density at radius 1 is 1.03 bits per heavy atom. The van der Waals surface area contributed by atoms with Crippen LogP contribution < -0.4 is 4.74 Å². The summed E-state index contributed by atoms with van der Waals surface area (Å²) in [5, 5.41) is 0. The Hall–Kier alpha value is -1.90. The Bertz CT molecular complexity index is 940. The van der Waals surface area contributed by atoms with Crippen LogP contribution in [0.1, 0.15) is 24.8 Å². The van der Waals surface area contributed by atoms with Crippen molar-refractivity contribution in [3.05, 3.63) is 58.6 Å². The zero-order valence-electron chi connectivity index (χ0n) is 17.1. The largest absolute Gasteiger partial charge is 0.492 e. The third-order valence-corrected chi connectivity index (χ3v) is 7.61. The normalized spacial score (nSPS) is 15.0. The first-order chi connectivity index (χ1) is 14.4. The van der Waals surface area contributed by atoms with Crippen LogP contribution in [0.3, 0.4) is 0 Å². The van der Waals surface area contributed by atoms with Crippen LogP contribution in [0.25, 0.3) is 0 Å². The molecule has 1 aliphatic heterocycles. The van der Waals surface area contributed by atoms with Crippen LogP contribution in [0.2, 0.25) is 0 Å². The Morgan fingerprint density at radius 3 is 2.30 bits per heavy atom. The molecule has 0 aliphatic carbocycles. The molecule has 1 aliphatic rings. The minimum absolute atomic E-state index is 0.0407. The molecule has 0 saturated carbocycles. The van der Waals surface area contributed by atoms with Crippen LogP contribution in [0, 0.1) is 0 Å². The quantitative estimate of drug-likeness (QED) is 0.560. The Kier molecular flexibility index (Phi) is 7.91. The monoisotopic (exact) mass is 494 g/mol. The number of hydrogen-bond acceptors (Lipinski definition) is 4. The van der Waals surface area contributed by atoms with E-state index in [1.165, 1.54) is 0 Å². The van der Waals surface area contributed by atoms with Gasteiger partial charge in [0.05, 0.1) is 17.9 Å². The van der Waals surface area contributed by atoms with Crippen LogP contribution in [-0.4, -0.2) is 56.8 Å². The molecule has 8 heteroatoms. The molecule has 2 aromatic carbocycles. The maximum Gasteiger partial charge on any atom is 0.243 e. The Morgan fingerprint density at radius 2 is 1.67 bits per heavy atom. The van der Waals surface area contributed by atoms with E-state index in [1.807, 2.05) is 24.3 Å². The van der Waals surface area contributed by atoms with Crippen LogP contribution in [0.4, 0.5) is 0 Å². The van der Waals surface area contributed by atoms with E-state index in [4.69, 9.17) is 4.74 Å². The van der Waals surface area contributed by atoms with Crippen LogP contribution >= 0.6 is 15.9 Å². The van der Waals surface area contributed by atoms with Gasteiger partial charge in [-0.15, -0.1) is 0 Å². The number of likely N-dealkylation sites (N-methyl/N-ethyl adjacent to an activating group) is 1. The molecule has 0 bridgehead atoms. The molecule has 0 radical (unpaired) electrons. The second kappa shape index (κ2) is 10.4. The molecular formula is C22H27BrN2O4S. The number of amides is 1. The minimum Gasteiger partial charge on any atom is -0.492 e. The molecule has 6 nitrogen and oxygen atoms in total. The lowest BCUT2D eigenvalue weighted by molar-refractivity contribution is -0.129. The van der Waals surface area contributed by atoms with Gasteiger partial charge in [0.2, 0.25) is 15.9 Å². The standard InChI is InChI=1S/C22H27BrN2O4S/c1-24(15-16-29-20-9-7-19(23)8-10-20)22(26)17-18-5-11-21(12-6-18)30(27,28)25-13-3-2-4-14-25/h5-12H,2-4,13-17H2,1H3. The summed E-state index contributed by atoms with van der Waals surface area (Å²) in [5.41, 5.74) is 0.790. The maximum absolute atomic E-state index is 12.7. The second-order valence-electron chi connectivity index (χ2n) is 7.40. The average Bonchev–Trinajstić information content (AvgIpc) is 2.76. The van der Waals surface area contributed by atoms with Crippen molar-refractivity contribution in [3.8, 4) is 5.75 Å². The number of hydrogen-bond donors (Lipinski definition) is 0. The molecule has 0 unspecified atom stereocenters. The van der Waals surface area contributed by atoms with Gasteiger partial charge in [-0.1, -0.05) is 34.5 Å². The van der Waals surface area contributed by atoms with E-state index in [0.717, 1.165) is 35.0 Å². The number of piperidine rings is 1. The summed E-state index contributed by atoms with van der Waals surface area (Å²) in [7, 11) is -1.71. The van der Waals surface area contributed by atoms with E-state index in [9.17, 15) is 13.2 Å². The Balaban J connectivity index is 1.50. The highest BCUT2D eigenvalue weighted by Gasteiger charge is 2.25. The van der Waals surface area contributed by atoms with Crippen LogP contribution in [0.5, 0.6) is 5.75 Å². The summed E-state index contributed by atoms with van der Waals surface area (Å²) in [4.78, 5) is 14.4. The van der Waals surface area contributed by atoms with Gasteiger partial charge in [0, 0.05) is 24.6 Å². The fourth-order valence-electron chi connectivity index (χ4n) is 3.30. The predicted molar refractivity (Wildman–Crippen MR) is 120 cm³/mol. The second-order valence-corrected chi connectivity index (χ2v) is 10.3. The number of carbonyl (C=O) groups excluding carboxylic acids is 1. The summed E-state index contributed by atoms with van der Waals surface area (Å²) in [6.45, 7) is 2.03. The van der Waals surface area contributed by atoms with Crippen molar-refractivity contribution in [1.82, 2.24) is 9.21 Å². The number of rotatable bonds is 8. The lowest BCUT2D eigenvalue weighted by Crippen LogP contribution is -2.35. The first-order valence-corrected chi connectivity index (χ1v) is 12.3.